The van der Waals surface area contributed by atoms with E-state index in [0.29, 0.717) is 0 Å². The molecule has 5 nitrogen and oxygen atoms in total. The van der Waals surface area contributed by atoms with Crippen LogP contribution in [-0.2, 0) is 0 Å². The Balaban J connectivity index is 1.36. The summed E-state index contributed by atoms with van der Waals surface area (Å²) in [6.45, 7) is 0.272. The van der Waals surface area contributed by atoms with Gasteiger partial charge in [0.1, 0.15) is 10.7 Å². The van der Waals surface area contributed by atoms with Gasteiger partial charge in [-0.3, -0.25) is 0 Å². The van der Waals surface area contributed by atoms with E-state index in [2.05, 4.69) is 27.8 Å². The van der Waals surface area contributed by atoms with Crippen LogP contribution >= 0.6 is 22.7 Å². The van der Waals surface area contributed by atoms with Crippen LogP contribution in [-0.4, -0.2) is 16.8 Å². The van der Waals surface area contributed by atoms with Crippen LogP contribution in [0.2, 0.25) is 0 Å². The van der Waals surface area contributed by atoms with Crippen molar-refractivity contribution < 1.29 is 9.47 Å². The molecule has 2 aromatic heterocycles. The summed E-state index contributed by atoms with van der Waals surface area (Å²) in [7, 11) is 0. The molecule has 0 amide bonds. The largest absolute Gasteiger partial charge is 0.454 e. The first-order chi connectivity index (χ1) is 12.8. The minimum Gasteiger partial charge on any atom is -0.454 e. The smallest absolute Gasteiger partial charge is 0.231 e. The Hall–Kier alpha value is -2.90. The average molecular weight is 379 g/mol. The molecule has 0 radical (unpaired) electrons. The van der Waals surface area contributed by atoms with Crippen LogP contribution in [0.25, 0.3) is 22.0 Å². The zero-order chi connectivity index (χ0) is 17.3. The van der Waals surface area contributed by atoms with Gasteiger partial charge < -0.3 is 14.8 Å². The van der Waals surface area contributed by atoms with E-state index < -0.39 is 0 Å². The first kappa shape index (κ1) is 15.4. The molecule has 128 valence electrons. The number of rotatable bonds is 4. The van der Waals surface area contributed by atoms with E-state index in [1.54, 1.807) is 22.7 Å². The zero-order valence-corrected chi connectivity index (χ0v) is 15.1. The van der Waals surface area contributed by atoms with Crippen molar-refractivity contribution in [3.63, 3.8) is 0 Å². The van der Waals surface area contributed by atoms with Gasteiger partial charge >= 0.3 is 0 Å². The maximum absolute atomic E-state index is 5.41. The van der Waals surface area contributed by atoms with Crippen molar-refractivity contribution in [2.45, 2.75) is 0 Å². The standard InChI is InChI=1S/C19H13N3O2S2/c1-2-4-12(5-3-1)14-9-25-18(21-14)15-10-26-19(22-15)20-13-6-7-16-17(8-13)24-11-23-16/h1-10H,11H2,(H,20,22). The molecule has 1 aliphatic heterocycles. The summed E-state index contributed by atoms with van der Waals surface area (Å²) in [4.78, 5) is 9.38. The molecule has 0 fully saturated rings. The first-order valence-electron chi connectivity index (χ1n) is 7.99. The van der Waals surface area contributed by atoms with Gasteiger partial charge in [0.2, 0.25) is 6.79 Å². The topological polar surface area (TPSA) is 56.3 Å². The van der Waals surface area contributed by atoms with Gasteiger partial charge in [-0.1, -0.05) is 30.3 Å². The summed E-state index contributed by atoms with van der Waals surface area (Å²) in [6, 6.07) is 15.9. The minimum absolute atomic E-state index is 0.272. The van der Waals surface area contributed by atoms with Crippen LogP contribution < -0.4 is 14.8 Å². The number of aromatic nitrogens is 2. The second-order valence-corrected chi connectivity index (χ2v) is 7.35. The molecule has 0 aliphatic carbocycles. The average Bonchev–Trinajstić information content (AvgIpc) is 3.42. The molecule has 0 spiro atoms. The Morgan fingerprint density at radius 2 is 1.69 bits per heavy atom. The van der Waals surface area contributed by atoms with Gasteiger partial charge in [-0.05, 0) is 12.1 Å². The predicted octanol–water partition coefficient (Wildman–Crippen LogP) is 5.41. The van der Waals surface area contributed by atoms with Crippen molar-refractivity contribution in [1.29, 1.82) is 0 Å². The van der Waals surface area contributed by atoms with Crippen molar-refractivity contribution in [3.05, 3.63) is 59.3 Å². The molecular formula is C19H13N3O2S2. The molecule has 0 atom stereocenters. The summed E-state index contributed by atoms with van der Waals surface area (Å²) in [6.07, 6.45) is 0. The fourth-order valence-corrected chi connectivity index (χ4v) is 4.24. The maximum atomic E-state index is 5.41. The van der Waals surface area contributed by atoms with E-state index in [1.165, 1.54) is 0 Å². The lowest BCUT2D eigenvalue weighted by Gasteiger charge is -2.03. The Kier molecular flexibility index (Phi) is 3.80. The van der Waals surface area contributed by atoms with E-state index >= 15 is 0 Å². The van der Waals surface area contributed by atoms with E-state index in [-0.39, 0.29) is 6.79 Å². The maximum Gasteiger partial charge on any atom is 0.231 e. The van der Waals surface area contributed by atoms with Gasteiger partial charge in [-0.25, -0.2) is 9.97 Å². The first-order valence-corrected chi connectivity index (χ1v) is 9.75. The number of hydrogen-bond acceptors (Lipinski definition) is 7. The van der Waals surface area contributed by atoms with Crippen LogP contribution in [0.3, 0.4) is 0 Å². The number of benzene rings is 2. The quantitative estimate of drug-likeness (QED) is 0.514. The van der Waals surface area contributed by atoms with E-state index in [9.17, 15) is 0 Å². The molecule has 26 heavy (non-hydrogen) atoms. The van der Waals surface area contributed by atoms with Crippen molar-refractivity contribution in [2.24, 2.45) is 0 Å². The zero-order valence-electron chi connectivity index (χ0n) is 13.5. The predicted molar refractivity (Wildman–Crippen MR) is 105 cm³/mol. The number of fused-ring (bicyclic) bond motifs is 1. The molecule has 1 aliphatic rings. The van der Waals surface area contributed by atoms with Crippen LogP contribution in [0.1, 0.15) is 0 Å². The highest BCUT2D eigenvalue weighted by Gasteiger charge is 2.14. The highest BCUT2D eigenvalue weighted by molar-refractivity contribution is 7.15. The number of nitrogens with zero attached hydrogens (tertiary/aromatic N) is 2. The molecule has 7 heteroatoms. The summed E-state index contributed by atoms with van der Waals surface area (Å²) in [5.41, 5.74) is 3.89. The second kappa shape index (κ2) is 6.44. The Morgan fingerprint density at radius 1 is 0.846 bits per heavy atom. The van der Waals surface area contributed by atoms with Crippen molar-refractivity contribution in [2.75, 3.05) is 12.1 Å². The van der Waals surface area contributed by atoms with Gasteiger partial charge in [0, 0.05) is 28.1 Å². The third kappa shape index (κ3) is 2.91. The molecule has 0 unspecified atom stereocenters. The van der Waals surface area contributed by atoms with Crippen LogP contribution in [0.5, 0.6) is 11.5 Å². The number of hydrogen-bond donors (Lipinski definition) is 1. The molecule has 0 bridgehead atoms. The Morgan fingerprint density at radius 3 is 2.62 bits per heavy atom. The van der Waals surface area contributed by atoms with Crippen molar-refractivity contribution in [3.8, 4) is 33.5 Å². The molecular weight excluding hydrogens is 366 g/mol. The summed E-state index contributed by atoms with van der Waals surface area (Å²) in [5, 5.41) is 9.12. The number of thiazole rings is 2. The Labute approximate surface area is 157 Å². The lowest BCUT2D eigenvalue weighted by Crippen LogP contribution is -1.93. The van der Waals surface area contributed by atoms with E-state index in [4.69, 9.17) is 14.5 Å². The van der Waals surface area contributed by atoms with Crippen molar-refractivity contribution >= 4 is 33.5 Å². The van der Waals surface area contributed by atoms with Gasteiger partial charge in [0.05, 0.1) is 5.69 Å². The second-order valence-electron chi connectivity index (χ2n) is 5.63. The van der Waals surface area contributed by atoms with Gasteiger partial charge in [-0.15, -0.1) is 22.7 Å². The fourth-order valence-electron chi connectivity index (χ4n) is 2.66. The highest BCUT2D eigenvalue weighted by Crippen LogP contribution is 2.36. The van der Waals surface area contributed by atoms with Gasteiger partial charge in [0.15, 0.2) is 16.6 Å². The summed E-state index contributed by atoms with van der Waals surface area (Å²) in [5.74, 6) is 1.52. The number of ether oxygens (including phenoxy) is 2. The highest BCUT2D eigenvalue weighted by atomic mass is 32.1. The lowest BCUT2D eigenvalue weighted by molar-refractivity contribution is 0.174. The van der Waals surface area contributed by atoms with Crippen LogP contribution in [0.4, 0.5) is 10.8 Å². The Bertz CT molecular complexity index is 1060. The minimum atomic E-state index is 0.272. The van der Waals surface area contributed by atoms with Crippen molar-refractivity contribution in [1.82, 2.24) is 9.97 Å². The molecule has 3 heterocycles. The molecule has 1 N–H and O–H groups in total. The number of anilines is 2. The third-order valence-electron chi connectivity index (χ3n) is 3.92. The van der Waals surface area contributed by atoms with Gasteiger partial charge in [0.25, 0.3) is 0 Å². The summed E-state index contributed by atoms with van der Waals surface area (Å²) >= 11 is 3.15. The van der Waals surface area contributed by atoms with Gasteiger partial charge in [-0.2, -0.15) is 0 Å². The van der Waals surface area contributed by atoms with Crippen LogP contribution in [0, 0.1) is 0 Å². The van der Waals surface area contributed by atoms with Crippen LogP contribution in [0.15, 0.2) is 59.3 Å². The molecule has 4 aromatic rings. The monoisotopic (exact) mass is 379 g/mol. The molecule has 0 saturated carbocycles. The normalized spacial score (nSPS) is 12.3. The SMILES string of the molecule is c1ccc(-c2csc(-c3csc(Nc4ccc5c(c4)OCO5)n3)n2)cc1. The fraction of sp³-hybridized carbons (Fsp3) is 0.0526. The lowest BCUT2D eigenvalue weighted by atomic mass is 10.2. The van der Waals surface area contributed by atoms with E-state index in [0.717, 1.165) is 44.3 Å². The molecule has 2 aromatic carbocycles. The molecule has 5 rings (SSSR count). The molecule has 0 saturated heterocycles. The number of nitrogens with one attached hydrogen (secondary N) is 1. The summed E-state index contributed by atoms with van der Waals surface area (Å²) < 4.78 is 10.7. The van der Waals surface area contributed by atoms with E-state index in [1.807, 2.05) is 41.8 Å². The third-order valence-corrected chi connectivity index (χ3v) is 5.54.